The lowest BCUT2D eigenvalue weighted by Gasteiger charge is -2.41. The molecular formula is C11H13F3N2. The van der Waals surface area contributed by atoms with Crippen molar-refractivity contribution in [2.24, 2.45) is 0 Å². The van der Waals surface area contributed by atoms with Gasteiger partial charge in [0.15, 0.2) is 0 Å². The predicted octanol–water partition coefficient (Wildman–Crippen LogP) is 2.11. The molecule has 0 aromatic heterocycles. The molecule has 0 saturated carbocycles. The lowest BCUT2D eigenvalue weighted by Crippen LogP contribution is -2.57. The van der Waals surface area contributed by atoms with Gasteiger partial charge in [-0.1, -0.05) is 6.07 Å². The Hall–Kier alpha value is -1.23. The number of benzene rings is 1. The summed E-state index contributed by atoms with van der Waals surface area (Å²) in [6.07, 6.45) is -4.26. The molecular weight excluding hydrogens is 217 g/mol. The van der Waals surface area contributed by atoms with E-state index in [4.69, 9.17) is 0 Å². The first-order chi connectivity index (χ1) is 7.50. The van der Waals surface area contributed by atoms with Crippen LogP contribution in [0.2, 0.25) is 0 Å². The molecule has 0 radical (unpaired) electrons. The molecule has 1 saturated heterocycles. The van der Waals surface area contributed by atoms with Crippen LogP contribution in [0.4, 0.5) is 18.9 Å². The first-order valence-electron chi connectivity index (χ1n) is 5.10. The second-order valence-corrected chi connectivity index (χ2v) is 3.94. The summed E-state index contributed by atoms with van der Waals surface area (Å²) in [6.45, 7) is 1.52. The Labute approximate surface area is 92.1 Å². The maximum Gasteiger partial charge on any atom is 0.416 e. The normalized spacial score (nSPS) is 17.4. The van der Waals surface area contributed by atoms with Crippen molar-refractivity contribution in [2.75, 3.05) is 25.0 Å². The van der Waals surface area contributed by atoms with Crippen LogP contribution in [-0.2, 0) is 6.18 Å². The highest BCUT2D eigenvalue weighted by Crippen LogP contribution is 2.32. The second kappa shape index (κ2) is 3.97. The summed E-state index contributed by atoms with van der Waals surface area (Å²) in [5.74, 6) is 0. The van der Waals surface area contributed by atoms with Gasteiger partial charge in [-0.15, -0.1) is 0 Å². The Bertz CT molecular complexity index is 370. The number of alkyl halides is 3. The van der Waals surface area contributed by atoms with E-state index in [1.165, 1.54) is 12.1 Å². The Kier molecular flexibility index (Phi) is 2.80. The highest BCUT2D eigenvalue weighted by Gasteiger charge is 2.32. The van der Waals surface area contributed by atoms with Crippen molar-refractivity contribution in [3.8, 4) is 0 Å². The Balaban J connectivity index is 2.12. The lowest BCUT2D eigenvalue weighted by molar-refractivity contribution is -0.137. The summed E-state index contributed by atoms with van der Waals surface area (Å²) in [5, 5.41) is 3.08. The Morgan fingerprint density at radius 2 is 2.00 bits per heavy atom. The zero-order valence-corrected chi connectivity index (χ0v) is 8.88. The maximum atomic E-state index is 12.5. The first kappa shape index (κ1) is 11.3. The number of hydrogen-bond acceptors (Lipinski definition) is 2. The first-order valence-corrected chi connectivity index (χ1v) is 5.10. The zero-order chi connectivity index (χ0) is 11.8. The third kappa shape index (κ3) is 2.14. The van der Waals surface area contributed by atoms with E-state index < -0.39 is 11.7 Å². The molecule has 1 N–H and O–H groups in total. The van der Waals surface area contributed by atoms with Crippen LogP contribution in [0.1, 0.15) is 5.56 Å². The van der Waals surface area contributed by atoms with Gasteiger partial charge in [-0.3, -0.25) is 0 Å². The van der Waals surface area contributed by atoms with Crippen LogP contribution in [0.25, 0.3) is 0 Å². The van der Waals surface area contributed by atoms with Crippen molar-refractivity contribution in [1.82, 2.24) is 5.32 Å². The second-order valence-electron chi connectivity index (χ2n) is 3.94. The summed E-state index contributed by atoms with van der Waals surface area (Å²) in [4.78, 5) is 1.93. The molecule has 88 valence electrons. The largest absolute Gasteiger partial charge is 0.416 e. The molecule has 0 spiro atoms. The molecule has 0 unspecified atom stereocenters. The van der Waals surface area contributed by atoms with Crippen molar-refractivity contribution in [3.63, 3.8) is 0 Å². The SMILES string of the molecule is CNC1CN(c2cccc(C(F)(F)F)c2)C1. The van der Waals surface area contributed by atoms with Crippen molar-refractivity contribution < 1.29 is 13.2 Å². The molecule has 1 aromatic rings. The molecule has 0 atom stereocenters. The molecule has 16 heavy (non-hydrogen) atoms. The number of halogens is 3. The van der Waals surface area contributed by atoms with Crippen molar-refractivity contribution in [3.05, 3.63) is 29.8 Å². The van der Waals surface area contributed by atoms with Crippen LogP contribution < -0.4 is 10.2 Å². The third-order valence-corrected chi connectivity index (χ3v) is 2.83. The number of hydrogen-bond donors (Lipinski definition) is 1. The van der Waals surface area contributed by atoms with E-state index in [1.807, 2.05) is 11.9 Å². The number of anilines is 1. The highest BCUT2D eigenvalue weighted by molar-refractivity contribution is 5.51. The van der Waals surface area contributed by atoms with E-state index >= 15 is 0 Å². The summed E-state index contributed by atoms with van der Waals surface area (Å²) in [6, 6.07) is 5.84. The smallest absolute Gasteiger partial charge is 0.368 e. The van der Waals surface area contributed by atoms with Crippen LogP contribution in [0, 0.1) is 0 Å². The van der Waals surface area contributed by atoms with Gasteiger partial charge in [0.1, 0.15) is 0 Å². The van der Waals surface area contributed by atoms with E-state index in [9.17, 15) is 13.2 Å². The summed E-state index contributed by atoms with van der Waals surface area (Å²) < 4.78 is 37.4. The summed E-state index contributed by atoms with van der Waals surface area (Å²) in [7, 11) is 1.86. The fourth-order valence-corrected chi connectivity index (χ4v) is 1.75. The van der Waals surface area contributed by atoms with Gasteiger partial charge in [0.25, 0.3) is 0 Å². The van der Waals surface area contributed by atoms with Crippen LogP contribution in [-0.4, -0.2) is 26.2 Å². The average Bonchev–Trinajstić information content (AvgIpc) is 2.15. The molecule has 1 aromatic carbocycles. The number of rotatable bonds is 2. The highest BCUT2D eigenvalue weighted by atomic mass is 19.4. The van der Waals surface area contributed by atoms with Crippen molar-refractivity contribution >= 4 is 5.69 Å². The number of nitrogens with one attached hydrogen (secondary N) is 1. The zero-order valence-electron chi connectivity index (χ0n) is 8.88. The van der Waals surface area contributed by atoms with Gasteiger partial charge in [-0.2, -0.15) is 13.2 Å². The Morgan fingerprint density at radius 1 is 1.31 bits per heavy atom. The molecule has 0 aliphatic carbocycles. The van der Waals surface area contributed by atoms with Gasteiger partial charge in [-0.25, -0.2) is 0 Å². The van der Waals surface area contributed by atoms with E-state index in [0.717, 1.165) is 19.2 Å². The maximum absolute atomic E-state index is 12.5. The summed E-state index contributed by atoms with van der Waals surface area (Å²) in [5.41, 5.74) is 0.0548. The van der Waals surface area contributed by atoms with Gasteiger partial charge in [0.2, 0.25) is 0 Å². The van der Waals surface area contributed by atoms with Crippen LogP contribution in [0.3, 0.4) is 0 Å². The van der Waals surface area contributed by atoms with E-state index in [0.29, 0.717) is 11.7 Å². The number of likely N-dealkylation sites (N-methyl/N-ethyl adjacent to an activating group) is 1. The van der Waals surface area contributed by atoms with Crippen molar-refractivity contribution in [2.45, 2.75) is 12.2 Å². The fourth-order valence-electron chi connectivity index (χ4n) is 1.75. The molecule has 2 rings (SSSR count). The van der Waals surface area contributed by atoms with Crippen LogP contribution >= 0.6 is 0 Å². The minimum atomic E-state index is -4.26. The standard InChI is InChI=1S/C11H13F3N2/c1-15-9-6-16(7-9)10-4-2-3-8(5-10)11(12,13)14/h2-5,9,15H,6-7H2,1H3. The van der Waals surface area contributed by atoms with Gasteiger partial charge < -0.3 is 10.2 Å². The molecule has 0 amide bonds. The predicted molar refractivity (Wildman–Crippen MR) is 56.5 cm³/mol. The fraction of sp³-hybridized carbons (Fsp3) is 0.455. The van der Waals surface area contributed by atoms with Gasteiger partial charge in [0, 0.05) is 24.8 Å². The van der Waals surface area contributed by atoms with Crippen LogP contribution in [0.15, 0.2) is 24.3 Å². The molecule has 1 aliphatic heterocycles. The molecule has 1 aliphatic rings. The topological polar surface area (TPSA) is 15.3 Å². The third-order valence-electron chi connectivity index (χ3n) is 2.83. The Morgan fingerprint density at radius 3 is 2.56 bits per heavy atom. The van der Waals surface area contributed by atoms with Crippen LogP contribution in [0.5, 0.6) is 0 Å². The van der Waals surface area contributed by atoms with Gasteiger partial charge >= 0.3 is 6.18 Å². The van der Waals surface area contributed by atoms with E-state index in [-0.39, 0.29) is 0 Å². The van der Waals surface area contributed by atoms with Gasteiger partial charge in [-0.05, 0) is 25.2 Å². The molecule has 0 bridgehead atoms. The monoisotopic (exact) mass is 230 g/mol. The van der Waals surface area contributed by atoms with Gasteiger partial charge in [0.05, 0.1) is 5.56 Å². The molecule has 2 nitrogen and oxygen atoms in total. The quantitative estimate of drug-likeness (QED) is 0.837. The number of nitrogens with zero attached hydrogens (tertiary/aromatic N) is 1. The minimum absolute atomic E-state index is 0.384. The molecule has 1 heterocycles. The molecule has 1 fully saturated rings. The lowest BCUT2D eigenvalue weighted by atomic mass is 10.1. The minimum Gasteiger partial charge on any atom is -0.368 e. The average molecular weight is 230 g/mol. The molecule has 5 heteroatoms. The van der Waals surface area contributed by atoms with Crippen molar-refractivity contribution in [1.29, 1.82) is 0 Å². The van der Waals surface area contributed by atoms with E-state index in [1.54, 1.807) is 6.07 Å². The van der Waals surface area contributed by atoms with E-state index in [2.05, 4.69) is 5.32 Å². The summed E-state index contributed by atoms with van der Waals surface area (Å²) >= 11 is 0.